The maximum atomic E-state index is 12.4. The van der Waals surface area contributed by atoms with Crippen LogP contribution in [0.5, 0.6) is 0 Å². The first kappa shape index (κ1) is 17.7. The molecule has 3 rings (SSSR count). The van der Waals surface area contributed by atoms with Crippen LogP contribution in [0.15, 0.2) is 33.6 Å². The number of piperidine rings is 1. The van der Waals surface area contributed by atoms with Gasteiger partial charge in [-0.15, -0.1) is 0 Å². The van der Waals surface area contributed by atoms with E-state index in [1.54, 1.807) is 18.2 Å². The highest BCUT2D eigenvalue weighted by atomic mass is 79.9. The standard InChI is InChI=1S/C16H23BrN2O2S2/c17-15-3-1-2-4-16(15)23(20,21)18-11-13-5-8-19(9-6-13)14-7-10-22-12-14/h1-4,13-14,18H,5-12H2/t14-/m0/s1. The molecule has 0 aliphatic carbocycles. The normalized spacial score (nSPS) is 24.1. The van der Waals surface area contributed by atoms with Crippen LogP contribution in [0.4, 0.5) is 0 Å². The third-order valence-corrected chi connectivity index (χ3v) is 8.34. The van der Waals surface area contributed by atoms with Gasteiger partial charge in [0, 0.05) is 22.8 Å². The highest BCUT2D eigenvalue weighted by Crippen LogP contribution is 2.27. The maximum absolute atomic E-state index is 12.4. The van der Waals surface area contributed by atoms with Crippen molar-refractivity contribution in [3.63, 3.8) is 0 Å². The SMILES string of the molecule is O=S(=O)(NCC1CCN([C@H]2CCSC2)CC1)c1ccccc1Br. The predicted octanol–water partition coefficient (Wildman–Crippen LogP) is 2.94. The number of hydrogen-bond donors (Lipinski definition) is 1. The van der Waals surface area contributed by atoms with Gasteiger partial charge in [0.2, 0.25) is 10.0 Å². The molecule has 2 aliphatic rings. The van der Waals surface area contributed by atoms with E-state index in [4.69, 9.17) is 0 Å². The molecule has 2 heterocycles. The predicted molar refractivity (Wildman–Crippen MR) is 99.4 cm³/mol. The van der Waals surface area contributed by atoms with Gasteiger partial charge in [-0.1, -0.05) is 12.1 Å². The molecule has 0 amide bonds. The molecule has 2 saturated heterocycles. The van der Waals surface area contributed by atoms with Gasteiger partial charge in [-0.25, -0.2) is 13.1 Å². The molecule has 0 unspecified atom stereocenters. The summed E-state index contributed by atoms with van der Waals surface area (Å²) in [6.07, 6.45) is 3.48. The van der Waals surface area contributed by atoms with Gasteiger partial charge in [-0.05, 0) is 72.1 Å². The summed E-state index contributed by atoms with van der Waals surface area (Å²) in [4.78, 5) is 2.92. The van der Waals surface area contributed by atoms with Gasteiger partial charge >= 0.3 is 0 Å². The molecular weight excluding hydrogens is 396 g/mol. The van der Waals surface area contributed by atoms with E-state index in [9.17, 15) is 8.42 Å². The summed E-state index contributed by atoms with van der Waals surface area (Å²) in [6.45, 7) is 2.75. The Balaban J connectivity index is 1.50. The lowest BCUT2D eigenvalue weighted by molar-refractivity contribution is 0.145. The lowest BCUT2D eigenvalue weighted by Gasteiger charge is -2.35. The summed E-state index contributed by atoms with van der Waals surface area (Å²) in [5.41, 5.74) is 0. The van der Waals surface area contributed by atoms with Crippen molar-refractivity contribution in [1.82, 2.24) is 9.62 Å². The topological polar surface area (TPSA) is 49.4 Å². The smallest absolute Gasteiger partial charge is 0.241 e. The van der Waals surface area contributed by atoms with Crippen LogP contribution in [-0.2, 0) is 10.0 Å². The molecule has 1 aromatic rings. The monoisotopic (exact) mass is 418 g/mol. The number of hydrogen-bond acceptors (Lipinski definition) is 4. The van der Waals surface area contributed by atoms with Crippen molar-refractivity contribution in [2.75, 3.05) is 31.1 Å². The van der Waals surface area contributed by atoms with Crippen LogP contribution in [-0.4, -0.2) is 50.5 Å². The lowest BCUT2D eigenvalue weighted by atomic mass is 9.96. The van der Waals surface area contributed by atoms with E-state index in [0.717, 1.165) is 32.0 Å². The summed E-state index contributed by atoms with van der Waals surface area (Å²) in [5, 5.41) is 0. The van der Waals surface area contributed by atoms with Crippen molar-refractivity contribution < 1.29 is 8.42 Å². The first-order chi connectivity index (χ1) is 11.1. The highest BCUT2D eigenvalue weighted by Gasteiger charge is 2.28. The molecule has 0 spiro atoms. The summed E-state index contributed by atoms with van der Waals surface area (Å²) in [5.74, 6) is 2.99. The third kappa shape index (κ3) is 4.51. The molecule has 0 aromatic heterocycles. The molecule has 2 aliphatic heterocycles. The molecule has 1 aromatic carbocycles. The van der Waals surface area contributed by atoms with E-state index in [1.165, 1.54) is 17.9 Å². The second-order valence-electron chi connectivity index (χ2n) is 6.28. The van der Waals surface area contributed by atoms with Gasteiger partial charge in [-0.3, -0.25) is 4.90 Å². The van der Waals surface area contributed by atoms with Crippen molar-refractivity contribution in [1.29, 1.82) is 0 Å². The summed E-state index contributed by atoms with van der Waals surface area (Å²) >= 11 is 5.37. The fourth-order valence-electron chi connectivity index (χ4n) is 3.30. The van der Waals surface area contributed by atoms with Gasteiger partial charge in [0.25, 0.3) is 0 Å². The number of nitrogens with one attached hydrogen (secondary N) is 1. The van der Waals surface area contributed by atoms with Crippen molar-refractivity contribution in [3.8, 4) is 0 Å². The first-order valence-electron chi connectivity index (χ1n) is 8.12. The Labute approximate surface area is 151 Å². The van der Waals surface area contributed by atoms with E-state index in [0.29, 0.717) is 21.8 Å². The average molecular weight is 419 g/mol. The Morgan fingerprint density at radius 3 is 2.61 bits per heavy atom. The second-order valence-corrected chi connectivity index (χ2v) is 10.0. The summed E-state index contributed by atoms with van der Waals surface area (Å²) in [6, 6.07) is 7.70. The molecule has 4 nitrogen and oxygen atoms in total. The largest absolute Gasteiger partial charge is 0.300 e. The Morgan fingerprint density at radius 1 is 1.22 bits per heavy atom. The lowest BCUT2D eigenvalue weighted by Crippen LogP contribution is -2.43. The molecule has 23 heavy (non-hydrogen) atoms. The third-order valence-electron chi connectivity index (χ3n) is 4.76. The van der Waals surface area contributed by atoms with Crippen LogP contribution in [0.25, 0.3) is 0 Å². The molecular formula is C16H23BrN2O2S2. The molecule has 1 N–H and O–H groups in total. The van der Waals surface area contributed by atoms with Crippen LogP contribution in [0, 0.1) is 5.92 Å². The van der Waals surface area contributed by atoms with Crippen LogP contribution in [0.1, 0.15) is 19.3 Å². The number of nitrogens with zero attached hydrogens (tertiary/aromatic N) is 1. The Morgan fingerprint density at radius 2 is 1.96 bits per heavy atom. The molecule has 2 fully saturated rings. The minimum absolute atomic E-state index is 0.320. The van der Waals surface area contributed by atoms with E-state index >= 15 is 0 Å². The zero-order valence-corrected chi connectivity index (χ0v) is 16.3. The van der Waals surface area contributed by atoms with Crippen molar-refractivity contribution in [2.45, 2.75) is 30.2 Å². The van der Waals surface area contributed by atoms with E-state index in [1.807, 2.05) is 6.07 Å². The number of halogens is 1. The van der Waals surface area contributed by atoms with Crippen molar-refractivity contribution in [2.24, 2.45) is 5.92 Å². The van der Waals surface area contributed by atoms with Crippen molar-refractivity contribution >= 4 is 37.7 Å². The molecule has 7 heteroatoms. The quantitative estimate of drug-likeness (QED) is 0.798. The molecule has 0 bridgehead atoms. The zero-order valence-electron chi connectivity index (χ0n) is 13.1. The molecule has 128 valence electrons. The number of benzene rings is 1. The number of rotatable bonds is 5. The molecule has 1 atom stereocenters. The number of likely N-dealkylation sites (tertiary alicyclic amines) is 1. The van der Waals surface area contributed by atoms with E-state index in [-0.39, 0.29) is 0 Å². The molecule has 0 saturated carbocycles. The van der Waals surface area contributed by atoms with Crippen LogP contribution in [0.2, 0.25) is 0 Å². The van der Waals surface area contributed by atoms with Gasteiger partial charge in [0.1, 0.15) is 0 Å². The maximum Gasteiger partial charge on any atom is 0.241 e. The number of thioether (sulfide) groups is 1. The van der Waals surface area contributed by atoms with Gasteiger partial charge in [-0.2, -0.15) is 11.8 Å². The first-order valence-corrected chi connectivity index (χ1v) is 11.6. The van der Waals surface area contributed by atoms with E-state index in [2.05, 4.69) is 37.3 Å². The number of sulfonamides is 1. The Bertz CT molecular complexity index is 625. The van der Waals surface area contributed by atoms with Gasteiger partial charge in [0.15, 0.2) is 0 Å². The Hall–Kier alpha value is -0.0800. The Kier molecular flexibility index (Phi) is 6.07. The highest BCUT2D eigenvalue weighted by molar-refractivity contribution is 9.10. The summed E-state index contributed by atoms with van der Waals surface area (Å²) in [7, 11) is -3.43. The van der Waals surface area contributed by atoms with Crippen molar-refractivity contribution in [3.05, 3.63) is 28.7 Å². The average Bonchev–Trinajstić information content (AvgIpc) is 3.08. The fraction of sp³-hybridized carbons (Fsp3) is 0.625. The summed E-state index contributed by atoms with van der Waals surface area (Å²) < 4.78 is 28.2. The van der Waals surface area contributed by atoms with Crippen LogP contribution >= 0.6 is 27.7 Å². The van der Waals surface area contributed by atoms with Crippen LogP contribution < -0.4 is 4.72 Å². The minimum atomic E-state index is -3.43. The fourth-order valence-corrected chi connectivity index (χ4v) is 6.67. The zero-order chi connectivity index (χ0) is 16.3. The minimum Gasteiger partial charge on any atom is -0.300 e. The van der Waals surface area contributed by atoms with Crippen LogP contribution in [0.3, 0.4) is 0 Å². The van der Waals surface area contributed by atoms with E-state index < -0.39 is 10.0 Å². The second kappa shape index (κ2) is 7.87. The van der Waals surface area contributed by atoms with Gasteiger partial charge in [0.05, 0.1) is 4.90 Å². The van der Waals surface area contributed by atoms with Gasteiger partial charge < -0.3 is 0 Å². The molecule has 0 radical (unpaired) electrons.